The van der Waals surface area contributed by atoms with Crippen molar-refractivity contribution in [3.05, 3.63) is 54.5 Å². The molecule has 0 fully saturated rings. The first kappa shape index (κ1) is 13.3. The van der Waals surface area contributed by atoms with Crippen molar-refractivity contribution in [2.24, 2.45) is 0 Å². The second-order valence-corrected chi connectivity index (χ2v) is 4.59. The molecule has 0 radical (unpaired) electrons. The second-order valence-electron chi connectivity index (χ2n) is 4.59. The Hall–Kier alpha value is -2.69. The van der Waals surface area contributed by atoms with Crippen LogP contribution in [0.1, 0.15) is 5.76 Å². The fraction of sp³-hybridized carbons (Fsp3) is 0.188. The predicted molar refractivity (Wildman–Crippen MR) is 77.1 cm³/mol. The number of hydrogen-bond donors (Lipinski definition) is 1. The van der Waals surface area contributed by atoms with Crippen molar-refractivity contribution in [3.63, 3.8) is 0 Å². The Bertz CT molecular complexity index is 633. The first-order valence-corrected chi connectivity index (χ1v) is 6.69. The molecule has 1 aliphatic rings. The normalized spacial score (nSPS) is 16.9. The van der Waals surface area contributed by atoms with Gasteiger partial charge in [0.15, 0.2) is 11.5 Å². The number of ether oxygens (including phenoxy) is 2. The summed E-state index contributed by atoms with van der Waals surface area (Å²) in [5.74, 6) is 1.87. The van der Waals surface area contributed by atoms with Crippen molar-refractivity contribution in [2.75, 3.05) is 13.2 Å². The van der Waals surface area contributed by atoms with Crippen LogP contribution in [0.5, 0.6) is 11.5 Å². The highest BCUT2D eigenvalue weighted by atomic mass is 16.6. The van der Waals surface area contributed by atoms with Crippen LogP contribution in [-0.2, 0) is 4.79 Å². The van der Waals surface area contributed by atoms with Crippen LogP contribution in [-0.4, -0.2) is 25.2 Å². The Labute approximate surface area is 122 Å². The molecule has 3 rings (SSSR count). The highest BCUT2D eigenvalue weighted by Crippen LogP contribution is 2.30. The van der Waals surface area contributed by atoms with Gasteiger partial charge in [0, 0.05) is 6.08 Å². The van der Waals surface area contributed by atoms with Gasteiger partial charge in [0.1, 0.15) is 18.5 Å². The lowest BCUT2D eigenvalue weighted by molar-refractivity contribution is -0.116. The molecular formula is C16H15NO4. The van der Waals surface area contributed by atoms with Gasteiger partial charge in [0.25, 0.3) is 0 Å². The maximum atomic E-state index is 11.7. The van der Waals surface area contributed by atoms with Gasteiger partial charge in [-0.05, 0) is 30.3 Å². The molecule has 1 aromatic heterocycles. The molecule has 0 saturated heterocycles. The fourth-order valence-corrected chi connectivity index (χ4v) is 1.98. The SMILES string of the molecule is O=C(/C=C/c1ccco1)NCC1COc2ccccc2O1. The van der Waals surface area contributed by atoms with E-state index in [4.69, 9.17) is 13.9 Å². The number of nitrogens with one attached hydrogen (secondary N) is 1. The lowest BCUT2D eigenvalue weighted by atomic mass is 10.2. The smallest absolute Gasteiger partial charge is 0.244 e. The Balaban J connectivity index is 1.49. The van der Waals surface area contributed by atoms with Gasteiger partial charge in [-0.2, -0.15) is 0 Å². The zero-order chi connectivity index (χ0) is 14.5. The maximum Gasteiger partial charge on any atom is 0.244 e. The highest BCUT2D eigenvalue weighted by molar-refractivity contribution is 5.91. The van der Waals surface area contributed by atoms with Crippen LogP contribution < -0.4 is 14.8 Å². The van der Waals surface area contributed by atoms with E-state index in [1.54, 1.807) is 24.5 Å². The van der Waals surface area contributed by atoms with E-state index in [0.717, 1.165) is 5.75 Å². The highest BCUT2D eigenvalue weighted by Gasteiger charge is 2.20. The number of fused-ring (bicyclic) bond motifs is 1. The summed E-state index contributed by atoms with van der Waals surface area (Å²) in [6.07, 6.45) is 4.41. The van der Waals surface area contributed by atoms with E-state index in [1.165, 1.54) is 6.08 Å². The van der Waals surface area contributed by atoms with Crippen LogP contribution >= 0.6 is 0 Å². The molecule has 1 N–H and O–H groups in total. The molecule has 2 aromatic rings. The summed E-state index contributed by atoms with van der Waals surface area (Å²) in [6, 6.07) is 11.0. The average molecular weight is 285 g/mol. The molecule has 0 spiro atoms. The van der Waals surface area contributed by atoms with Crippen LogP contribution in [0.4, 0.5) is 0 Å². The zero-order valence-corrected chi connectivity index (χ0v) is 11.3. The maximum absolute atomic E-state index is 11.7. The van der Waals surface area contributed by atoms with E-state index in [0.29, 0.717) is 24.7 Å². The molecule has 5 heteroatoms. The number of rotatable bonds is 4. The number of benzene rings is 1. The van der Waals surface area contributed by atoms with Crippen molar-refractivity contribution >= 4 is 12.0 Å². The minimum atomic E-state index is -0.200. The van der Waals surface area contributed by atoms with Crippen LogP contribution in [0.3, 0.4) is 0 Å². The molecule has 0 saturated carbocycles. The van der Waals surface area contributed by atoms with E-state index >= 15 is 0 Å². The molecule has 2 heterocycles. The van der Waals surface area contributed by atoms with Crippen LogP contribution in [0.15, 0.2) is 53.2 Å². The summed E-state index contributed by atoms with van der Waals surface area (Å²) in [5.41, 5.74) is 0. The van der Waals surface area contributed by atoms with E-state index in [-0.39, 0.29) is 12.0 Å². The predicted octanol–water partition coefficient (Wildman–Crippen LogP) is 2.25. The van der Waals surface area contributed by atoms with Crippen molar-refractivity contribution in [1.29, 1.82) is 0 Å². The Morgan fingerprint density at radius 1 is 1.24 bits per heavy atom. The molecule has 1 amide bonds. The summed E-state index contributed by atoms with van der Waals surface area (Å²) < 4.78 is 16.4. The standard InChI is InChI=1S/C16H15NO4/c18-16(8-7-12-4-3-9-19-12)17-10-13-11-20-14-5-1-2-6-15(14)21-13/h1-9,13H,10-11H2,(H,17,18)/b8-7+. The first-order chi connectivity index (χ1) is 10.3. The van der Waals surface area contributed by atoms with Crippen molar-refractivity contribution in [2.45, 2.75) is 6.10 Å². The van der Waals surface area contributed by atoms with Crippen molar-refractivity contribution in [1.82, 2.24) is 5.32 Å². The second kappa shape index (κ2) is 6.17. The van der Waals surface area contributed by atoms with Gasteiger partial charge in [0.05, 0.1) is 12.8 Å². The van der Waals surface area contributed by atoms with Gasteiger partial charge >= 0.3 is 0 Å². The lowest BCUT2D eigenvalue weighted by Crippen LogP contribution is -2.40. The minimum absolute atomic E-state index is 0.194. The van der Waals surface area contributed by atoms with E-state index in [1.807, 2.05) is 24.3 Å². The Kier molecular flexibility index (Phi) is 3.91. The largest absolute Gasteiger partial charge is 0.486 e. The number of carbonyl (C=O) groups excluding carboxylic acids is 1. The molecule has 5 nitrogen and oxygen atoms in total. The van der Waals surface area contributed by atoms with Crippen molar-refractivity contribution in [3.8, 4) is 11.5 Å². The average Bonchev–Trinajstić information content (AvgIpc) is 3.04. The van der Waals surface area contributed by atoms with Crippen molar-refractivity contribution < 1.29 is 18.7 Å². The first-order valence-electron chi connectivity index (χ1n) is 6.69. The third-order valence-electron chi connectivity index (χ3n) is 3.01. The fourth-order valence-electron chi connectivity index (χ4n) is 1.98. The molecule has 1 aromatic carbocycles. The molecule has 0 aliphatic carbocycles. The summed E-state index contributed by atoms with van der Waals surface area (Å²) >= 11 is 0. The third-order valence-corrected chi connectivity index (χ3v) is 3.01. The van der Waals surface area contributed by atoms with Gasteiger partial charge < -0.3 is 19.2 Å². The van der Waals surface area contributed by atoms with Gasteiger partial charge in [-0.1, -0.05) is 12.1 Å². The quantitative estimate of drug-likeness (QED) is 0.875. The number of carbonyl (C=O) groups is 1. The monoisotopic (exact) mass is 285 g/mol. The molecule has 108 valence electrons. The van der Waals surface area contributed by atoms with Crippen LogP contribution in [0.25, 0.3) is 6.08 Å². The third kappa shape index (κ3) is 3.45. The summed E-state index contributed by atoms with van der Waals surface area (Å²) in [5, 5.41) is 2.77. The molecule has 1 unspecified atom stereocenters. The van der Waals surface area contributed by atoms with E-state index < -0.39 is 0 Å². The molecule has 0 bridgehead atoms. The van der Waals surface area contributed by atoms with Gasteiger partial charge in [-0.25, -0.2) is 0 Å². The number of furan rings is 1. The van der Waals surface area contributed by atoms with Gasteiger partial charge in [-0.3, -0.25) is 4.79 Å². The van der Waals surface area contributed by atoms with Gasteiger partial charge in [-0.15, -0.1) is 0 Å². The summed E-state index contributed by atoms with van der Waals surface area (Å²) in [6.45, 7) is 0.800. The Morgan fingerprint density at radius 2 is 2.10 bits per heavy atom. The molecule has 1 aliphatic heterocycles. The summed E-state index contributed by atoms with van der Waals surface area (Å²) in [4.78, 5) is 11.7. The summed E-state index contributed by atoms with van der Waals surface area (Å²) in [7, 11) is 0. The Morgan fingerprint density at radius 3 is 2.90 bits per heavy atom. The number of amides is 1. The molecular weight excluding hydrogens is 270 g/mol. The van der Waals surface area contributed by atoms with E-state index in [2.05, 4.69) is 5.32 Å². The van der Waals surface area contributed by atoms with E-state index in [9.17, 15) is 4.79 Å². The number of hydrogen-bond acceptors (Lipinski definition) is 4. The van der Waals surface area contributed by atoms with Crippen LogP contribution in [0.2, 0.25) is 0 Å². The lowest BCUT2D eigenvalue weighted by Gasteiger charge is -2.26. The molecule has 21 heavy (non-hydrogen) atoms. The number of para-hydroxylation sites is 2. The molecule has 1 atom stereocenters. The minimum Gasteiger partial charge on any atom is -0.486 e. The zero-order valence-electron chi connectivity index (χ0n) is 11.3. The topological polar surface area (TPSA) is 60.7 Å². The van der Waals surface area contributed by atoms with Crippen LogP contribution in [0, 0.1) is 0 Å². The van der Waals surface area contributed by atoms with Gasteiger partial charge in [0.2, 0.25) is 5.91 Å².